The molecule has 24 heavy (non-hydrogen) atoms. The van der Waals surface area contributed by atoms with Crippen LogP contribution in [0.1, 0.15) is 16.7 Å². The van der Waals surface area contributed by atoms with E-state index in [1.165, 1.54) is 41.2 Å². The molecule has 1 amide bonds. The predicted molar refractivity (Wildman–Crippen MR) is 96.2 cm³/mol. The van der Waals surface area contributed by atoms with E-state index < -0.39 is 4.92 Å². The minimum atomic E-state index is -0.474. The van der Waals surface area contributed by atoms with Gasteiger partial charge in [0.25, 0.3) is 5.69 Å². The van der Waals surface area contributed by atoms with Gasteiger partial charge in [-0.15, -0.1) is 11.8 Å². The first-order valence-corrected chi connectivity index (χ1v) is 8.40. The highest BCUT2D eigenvalue weighted by Gasteiger charge is 2.05. The Morgan fingerprint density at radius 3 is 2.83 bits per heavy atom. The van der Waals surface area contributed by atoms with Gasteiger partial charge in [-0.05, 0) is 18.1 Å². The van der Waals surface area contributed by atoms with Gasteiger partial charge in [0.1, 0.15) is 0 Å². The maximum absolute atomic E-state index is 11.7. The van der Waals surface area contributed by atoms with Crippen LogP contribution in [0.15, 0.2) is 53.6 Å². The molecule has 1 N–H and O–H groups in total. The van der Waals surface area contributed by atoms with E-state index in [1.54, 1.807) is 12.1 Å². The molecule has 7 heteroatoms. The number of nitro benzene ring substituents is 1. The van der Waals surface area contributed by atoms with E-state index in [1.807, 2.05) is 31.2 Å². The van der Waals surface area contributed by atoms with Crippen LogP contribution in [0.25, 0.3) is 0 Å². The zero-order valence-electron chi connectivity index (χ0n) is 13.1. The monoisotopic (exact) mass is 343 g/mol. The molecule has 0 saturated heterocycles. The first kappa shape index (κ1) is 17.7. The summed E-state index contributed by atoms with van der Waals surface area (Å²) in [6.45, 7) is 2.04. The molecule has 0 aliphatic rings. The summed E-state index contributed by atoms with van der Waals surface area (Å²) in [6, 6.07) is 14.1. The van der Waals surface area contributed by atoms with Gasteiger partial charge in [0.15, 0.2) is 0 Å². The molecule has 0 fully saturated rings. The van der Waals surface area contributed by atoms with Crippen LogP contribution in [0, 0.1) is 17.0 Å². The van der Waals surface area contributed by atoms with Gasteiger partial charge in [0.05, 0.1) is 16.9 Å². The topological polar surface area (TPSA) is 84.6 Å². The number of carbonyl (C=O) groups excluding carboxylic acids is 1. The Balaban J connectivity index is 1.78. The van der Waals surface area contributed by atoms with Gasteiger partial charge in [0, 0.05) is 23.4 Å². The number of aryl methyl sites for hydroxylation is 1. The zero-order valence-corrected chi connectivity index (χ0v) is 14.0. The van der Waals surface area contributed by atoms with Crippen LogP contribution in [0.4, 0.5) is 5.69 Å². The second-order valence-corrected chi connectivity index (χ2v) is 6.05. The number of carbonyl (C=O) groups is 1. The van der Waals surface area contributed by atoms with Crippen molar-refractivity contribution in [2.45, 2.75) is 12.7 Å². The highest BCUT2D eigenvalue weighted by atomic mass is 32.2. The summed E-state index contributed by atoms with van der Waals surface area (Å²) in [7, 11) is 0. The number of rotatable bonds is 7. The second-order valence-electron chi connectivity index (χ2n) is 5.06. The lowest BCUT2D eigenvalue weighted by molar-refractivity contribution is -0.384. The van der Waals surface area contributed by atoms with E-state index in [4.69, 9.17) is 0 Å². The molecule has 0 aromatic heterocycles. The Morgan fingerprint density at radius 1 is 1.29 bits per heavy atom. The van der Waals surface area contributed by atoms with Gasteiger partial charge in [-0.25, -0.2) is 5.43 Å². The molecule has 0 bridgehead atoms. The fraction of sp³-hybridized carbons (Fsp3) is 0.176. The largest absolute Gasteiger partial charge is 0.272 e. The van der Waals surface area contributed by atoms with Crippen molar-refractivity contribution in [1.29, 1.82) is 0 Å². The van der Waals surface area contributed by atoms with Crippen LogP contribution in [0.3, 0.4) is 0 Å². The molecule has 2 aromatic rings. The molecule has 0 saturated carbocycles. The standard InChI is InChI=1S/C17H17N3O3S/c1-13-5-2-3-7-15(13)11-24-12-17(21)19-18-10-14-6-4-8-16(9-14)20(22)23/h2-10H,11-12H2,1H3,(H,19,21)/b18-10+. The van der Waals surface area contributed by atoms with Gasteiger partial charge < -0.3 is 0 Å². The molecule has 124 valence electrons. The van der Waals surface area contributed by atoms with Gasteiger partial charge in [0.2, 0.25) is 5.91 Å². The molecular formula is C17H17N3O3S. The van der Waals surface area contributed by atoms with Crippen molar-refractivity contribution in [3.05, 3.63) is 75.3 Å². The van der Waals surface area contributed by atoms with Crippen molar-refractivity contribution in [3.63, 3.8) is 0 Å². The fourth-order valence-corrected chi connectivity index (χ4v) is 2.85. The number of amides is 1. The molecule has 6 nitrogen and oxygen atoms in total. The summed E-state index contributed by atoms with van der Waals surface area (Å²) < 4.78 is 0. The van der Waals surface area contributed by atoms with Crippen molar-refractivity contribution in [3.8, 4) is 0 Å². The predicted octanol–water partition coefficient (Wildman–Crippen LogP) is 3.29. The van der Waals surface area contributed by atoms with Crippen molar-refractivity contribution < 1.29 is 9.72 Å². The third kappa shape index (κ3) is 5.51. The van der Waals surface area contributed by atoms with Crippen LogP contribution in [0.5, 0.6) is 0 Å². The first-order chi connectivity index (χ1) is 11.6. The zero-order chi connectivity index (χ0) is 17.4. The SMILES string of the molecule is Cc1ccccc1CSCC(=O)N/N=C/c1cccc([N+](=O)[O-])c1. The normalized spacial score (nSPS) is 10.7. The maximum atomic E-state index is 11.7. The van der Waals surface area contributed by atoms with Crippen LogP contribution < -0.4 is 5.43 Å². The molecule has 0 spiro atoms. The number of hydrogen-bond acceptors (Lipinski definition) is 5. The van der Waals surface area contributed by atoms with E-state index in [-0.39, 0.29) is 11.6 Å². The van der Waals surface area contributed by atoms with E-state index in [0.29, 0.717) is 11.3 Å². The summed E-state index contributed by atoms with van der Waals surface area (Å²) in [5, 5.41) is 14.5. The smallest absolute Gasteiger partial charge is 0.270 e. The molecule has 2 rings (SSSR count). The molecule has 2 aromatic carbocycles. The Morgan fingerprint density at radius 2 is 2.08 bits per heavy atom. The van der Waals surface area contributed by atoms with Gasteiger partial charge in [-0.1, -0.05) is 36.4 Å². The minimum Gasteiger partial charge on any atom is -0.272 e. The van der Waals surface area contributed by atoms with Crippen molar-refractivity contribution >= 4 is 29.6 Å². The first-order valence-electron chi connectivity index (χ1n) is 7.25. The molecule has 0 aliphatic heterocycles. The van der Waals surface area contributed by atoms with E-state index in [2.05, 4.69) is 10.5 Å². The lowest BCUT2D eigenvalue weighted by atomic mass is 10.1. The van der Waals surface area contributed by atoms with Crippen molar-refractivity contribution in [2.75, 3.05) is 5.75 Å². The van der Waals surface area contributed by atoms with Crippen LogP contribution >= 0.6 is 11.8 Å². The summed E-state index contributed by atoms with van der Waals surface area (Å²) in [5.74, 6) is 0.838. The number of hydrogen-bond donors (Lipinski definition) is 1. The third-order valence-corrected chi connectivity index (χ3v) is 4.22. The number of thioether (sulfide) groups is 1. The van der Waals surface area contributed by atoms with Crippen molar-refractivity contribution in [2.24, 2.45) is 5.10 Å². The van der Waals surface area contributed by atoms with Gasteiger partial charge in [-0.2, -0.15) is 5.10 Å². The third-order valence-electron chi connectivity index (χ3n) is 3.24. The van der Waals surface area contributed by atoms with Crippen LogP contribution in [0.2, 0.25) is 0 Å². The Hall–Kier alpha value is -2.67. The van der Waals surface area contributed by atoms with Gasteiger partial charge in [-0.3, -0.25) is 14.9 Å². The summed E-state index contributed by atoms with van der Waals surface area (Å²) in [4.78, 5) is 21.9. The minimum absolute atomic E-state index is 0.0148. The number of nitrogens with zero attached hydrogens (tertiary/aromatic N) is 2. The number of hydrazone groups is 1. The number of benzene rings is 2. The average Bonchev–Trinajstić information content (AvgIpc) is 2.57. The Bertz CT molecular complexity index is 762. The van der Waals surface area contributed by atoms with Crippen molar-refractivity contribution in [1.82, 2.24) is 5.43 Å². The number of nitro groups is 1. The summed E-state index contributed by atoms with van der Waals surface area (Å²) in [6.07, 6.45) is 1.39. The van der Waals surface area contributed by atoms with E-state index in [0.717, 1.165) is 5.75 Å². The summed E-state index contributed by atoms with van der Waals surface area (Å²) in [5.41, 5.74) is 5.37. The van der Waals surface area contributed by atoms with E-state index in [9.17, 15) is 14.9 Å². The fourth-order valence-electron chi connectivity index (χ4n) is 1.96. The molecule has 0 unspecified atom stereocenters. The quantitative estimate of drug-likeness (QED) is 0.475. The summed E-state index contributed by atoms with van der Waals surface area (Å²) >= 11 is 1.51. The maximum Gasteiger partial charge on any atom is 0.270 e. The van der Waals surface area contributed by atoms with Gasteiger partial charge >= 0.3 is 0 Å². The molecular weight excluding hydrogens is 326 g/mol. The Kier molecular flexibility index (Phi) is 6.51. The number of nitrogens with one attached hydrogen (secondary N) is 1. The molecule has 0 heterocycles. The highest BCUT2D eigenvalue weighted by molar-refractivity contribution is 7.99. The Labute approximate surface area is 144 Å². The number of non-ortho nitro benzene ring substituents is 1. The molecule has 0 atom stereocenters. The average molecular weight is 343 g/mol. The van der Waals surface area contributed by atoms with Crippen LogP contribution in [-0.4, -0.2) is 22.8 Å². The second kappa shape index (κ2) is 8.83. The van der Waals surface area contributed by atoms with Crippen LogP contribution in [-0.2, 0) is 10.5 Å². The molecule has 0 aliphatic carbocycles. The van der Waals surface area contributed by atoms with E-state index >= 15 is 0 Å². The lowest BCUT2D eigenvalue weighted by Gasteiger charge is -2.04. The highest BCUT2D eigenvalue weighted by Crippen LogP contribution is 2.15. The molecule has 0 radical (unpaired) electrons. The lowest BCUT2D eigenvalue weighted by Crippen LogP contribution is -2.19.